The molecule has 13 heteroatoms. The van der Waals surface area contributed by atoms with Crippen LogP contribution in [0.25, 0.3) is 0 Å². The molecule has 1 aromatic rings. The van der Waals surface area contributed by atoms with E-state index >= 15 is 0 Å². The standard InChI is InChI=1S/C41H72N4O9/c1-10-11-16-42-39(48)34(30(4)5)27-36(46)35(44-40(49)54-41(6,7)8)25-31(29(2)3)28-43-38(47)33-15-14-32(26-37(33)53-21-13-12-20-50-9)52-24-19-45-17-22-51-23-18-45/h14-15,26,29-31,34-36,46H,10-13,16-25,27-28H2,1-9H3,(H,42,48)(H,43,47)(H,44,49). The third-order valence-electron chi connectivity index (χ3n) is 9.64. The Morgan fingerprint density at radius 2 is 1.63 bits per heavy atom. The Balaban J connectivity index is 2.22. The van der Waals surface area contributed by atoms with Crippen molar-refractivity contribution >= 4 is 17.9 Å². The van der Waals surface area contributed by atoms with Crippen LogP contribution in [0.1, 0.15) is 104 Å². The summed E-state index contributed by atoms with van der Waals surface area (Å²) in [5, 5.41) is 20.6. The van der Waals surface area contributed by atoms with Gasteiger partial charge < -0.3 is 44.7 Å². The zero-order valence-electron chi connectivity index (χ0n) is 34.7. The highest BCUT2D eigenvalue weighted by molar-refractivity contribution is 5.97. The van der Waals surface area contributed by atoms with Crippen LogP contribution in [0, 0.1) is 23.7 Å². The van der Waals surface area contributed by atoms with Crippen LogP contribution in [-0.4, -0.2) is 119 Å². The summed E-state index contributed by atoms with van der Waals surface area (Å²) in [4.78, 5) is 42.2. The molecule has 13 nitrogen and oxygen atoms in total. The number of amides is 3. The number of methoxy groups -OCH3 is 1. The molecule has 1 aliphatic rings. The van der Waals surface area contributed by atoms with E-state index in [1.807, 2.05) is 27.7 Å². The molecule has 1 fully saturated rings. The van der Waals surface area contributed by atoms with Gasteiger partial charge in [0, 0.05) is 58.4 Å². The van der Waals surface area contributed by atoms with Gasteiger partial charge >= 0.3 is 6.09 Å². The van der Waals surface area contributed by atoms with E-state index in [4.69, 9.17) is 23.7 Å². The predicted molar refractivity (Wildman–Crippen MR) is 211 cm³/mol. The molecule has 4 N–H and O–H groups in total. The summed E-state index contributed by atoms with van der Waals surface area (Å²) in [6.07, 6.45) is 2.26. The molecule has 0 aliphatic carbocycles. The Morgan fingerprint density at radius 1 is 0.926 bits per heavy atom. The summed E-state index contributed by atoms with van der Waals surface area (Å²) in [6, 6.07) is 4.55. The summed E-state index contributed by atoms with van der Waals surface area (Å²) < 4.78 is 28.4. The maximum absolute atomic E-state index is 13.8. The maximum Gasteiger partial charge on any atom is 0.407 e. The van der Waals surface area contributed by atoms with Crippen LogP contribution < -0.4 is 25.4 Å². The summed E-state index contributed by atoms with van der Waals surface area (Å²) in [5.74, 6) is 0.123. The number of hydrogen-bond donors (Lipinski definition) is 4. The molecular weight excluding hydrogens is 692 g/mol. The van der Waals surface area contributed by atoms with Gasteiger partial charge in [-0.05, 0) is 82.8 Å². The zero-order valence-corrected chi connectivity index (χ0v) is 34.7. The van der Waals surface area contributed by atoms with Crippen molar-refractivity contribution in [3.63, 3.8) is 0 Å². The van der Waals surface area contributed by atoms with Gasteiger partial charge in [0.2, 0.25) is 5.91 Å². The van der Waals surface area contributed by atoms with Gasteiger partial charge in [-0.1, -0.05) is 41.0 Å². The number of aliphatic hydroxyl groups excluding tert-OH is 1. The Hall–Kier alpha value is -3.13. The molecule has 1 aromatic carbocycles. The number of ether oxygens (including phenoxy) is 5. The second-order valence-corrected chi connectivity index (χ2v) is 16.0. The van der Waals surface area contributed by atoms with E-state index in [0.717, 1.165) is 58.5 Å². The first-order valence-corrected chi connectivity index (χ1v) is 20.1. The lowest BCUT2D eigenvalue weighted by molar-refractivity contribution is -0.127. The second kappa shape index (κ2) is 25.1. The first kappa shape index (κ1) is 47.0. The van der Waals surface area contributed by atoms with E-state index in [1.54, 1.807) is 46.1 Å². The van der Waals surface area contributed by atoms with Crippen molar-refractivity contribution in [1.82, 2.24) is 20.9 Å². The normalized spacial score (nSPS) is 16.0. The molecule has 3 amide bonds. The predicted octanol–water partition coefficient (Wildman–Crippen LogP) is 5.43. The SMILES string of the molecule is CCCCNC(=O)C(CC(O)C(CC(CNC(=O)c1ccc(OCCN2CCOCC2)cc1OCCCCOC)C(C)C)NC(=O)OC(C)(C)C)C(C)C. The molecule has 310 valence electrons. The van der Waals surface area contributed by atoms with Crippen molar-refractivity contribution in [2.24, 2.45) is 23.7 Å². The Kier molecular flexibility index (Phi) is 21.9. The van der Waals surface area contributed by atoms with E-state index in [0.29, 0.717) is 49.8 Å². The number of alkyl carbamates (subject to hydrolysis) is 1. The van der Waals surface area contributed by atoms with Crippen LogP contribution in [0.15, 0.2) is 18.2 Å². The van der Waals surface area contributed by atoms with Gasteiger partial charge in [-0.15, -0.1) is 0 Å². The molecule has 4 atom stereocenters. The highest BCUT2D eigenvalue weighted by atomic mass is 16.6. The Labute approximate surface area is 324 Å². The Bertz CT molecular complexity index is 1230. The quantitative estimate of drug-likeness (QED) is 0.0948. The average Bonchev–Trinajstić information content (AvgIpc) is 3.11. The highest BCUT2D eigenvalue weighted by Crippen LogP contribution is 2.27. The highest BCUT2D eigenvalue weighted by Gasteiger charge is 2.33. The molecule has 0 saturated carbocycles. The van der Waals surface area contributed by atoms with Gasteiger partial charge in [0.1, 0.15) is 23.7 Å². The van der Waals surface area contributed by atoms with Crippen molar-refractivity contribution in [2.45, 2.75) is 112 Å². The minimum Gasteiger partial charge on any atom is -0.493 e. The molecule has 0 aromatic heterocycles. The van der Waals surface area contributed by atoms with Crippen molar-refractivity contribution < 1.29 is 43.2 Å². The number of nitrogens with zero attached hydrogens (tertiary/aromatic N) is 1. The Morgan fingerprint density at radius 3 is 2.26 bits per heavy atom. The first-order chi connectivity index (χ1) is 25.6. The van der Waals surface area contributed by atoms with Crippen molar-refractivity contribution in [1.29, 1.82) is 0 Å². The van der Waals surface area contributed by atoms with Crippen LogP contribution in [0.4, 0.5) is 4.79 Å². The van der Waals surface area contributed by atoms with Crippen molar-refractivity contribution in [3.8, 4) is 11.5 Å². The van der Waals surface area contributed by atoms with Crippen LogP contribution in [0.2, 0.25) is 0 Å². The van der Waals surface area contributed by atoms with Gasteiger partial charge in [-0.25, -0.2) is 4.79 Å². The summed E-state index contributed by atoms with van der Waals surface area (Å²) in [6.45, 7) is 21.8. The van der Waals surface area contributed by atoms with Crippen molar-refractivity contribution in [3.05, 3.63) is 23.8 Å². The molecule has 1 aliphatic heterocycles. The van der Waals surface area contributed by atoms with Crippen LogP contribution in [-0.2, 0) is 19.0 Å². The molecular formula is C41H72N4O9. The van der Waals surface area contributed by atoms with Crippen molar-refractivity contribution in [2.75, 3.05) is 72.9 Å². The number of rotatable bonds is 25. The van der Waals surface area contributed by atoms with E-state index in [1.165, 1.54) is 0 Å². The van der Waals surface area contributed by atoms with E-state index in [9.17, 15) is 19.5 Å². The molecule has 2 rings (SSSR count). The van der Waals surface area contributed by atoms with Crippen LogP contribution >= 0.6 is 0 Å². The third-order valence-corrected chi connectivity index (χ3v) is 9.64. The summed E-state index contributed by atoms with van der Waals surface area (Å²) in [7, 11) is 1.67. The summed E-state index contributed by atoms with van der Waals surface area (Å²) >= 11 is 0. The van der Waals surface area contributed by atoms with Gasteiger partial charge in [0.15, 0.2) is 0 Å². The fourth-order valence-electron chi connectivity index (χ4n) is 6.18. The van der Waals surface area contributed by atoms with E-state index in [2.05, 4.69) is 27.8 Å². The number of benzene rings is 1. The molecule has 1 heterocycles. The number of morpholine rings is 1. The fourth-order valence-corrected chi connectivity index (χ4v) is 6.18. The molecule has 0 spiro atoms. The average molecular weight is 765 g/mol. The lowest BCUT2D eigenvalue weighted by atomic mass is 9.82. The van der Waals surface area contributed by atoms with Gasteiger partial charge in [-0.3, -0.25) is 14.5 Å². The number of nitrogens with one attached hydrogen (secondary N) is 3. The summed E-state index contributed by atoms with van der Waals surface area (Å²) in [5.41, 5.74) is -0.348. The van der Waals surface area contributed by atoms with Crippen LogP contribution in [0.3, 0.4) is 0 Å². The second-order valence-electron chi connectivity index (χ2n) is 16.0. The van der Waals surface area contributed by atoms with Gasteiger partial charge in [0.05, 0.1) is 37.5 Å². The topological polar surface area (TPSA) is 157 Å². The van der Waals surface area contributed by atoms with Crippen LogP contribution in [0.5, 0.6) is 11.5 Å². The molecule has 0 bridgehead atoms. The molecule has 1 saturated heterocycles. The molecule has 0 radical (unpaired) electrons. The number of aliphatic hydroxyl groups is 1. The minimum atomic E-state index is -1.03. The number of hydrogen-bond acceptors (Lipinski definition) is 10. The van der Waals surface area contributed by atoms with E-state index in [-0.39, 0.29) is 42.5 Å². The van der Waals surface area contributed by atoms with Gasteiger partial charge in [-0.2, -0.15) is 0 Å². The molecule has 54 heavy (non-hydrogen) atoms. The maximum atomic E-state index is 13.8. The van der Waals surface area contributed by atoms with E-state index < -0.39 is 29.8 Å². The molecule has 4 unspecified atom stereocenters. The lowest BCUT2D eigenvalue weighted by Crippen LogP contribution is -2.49. The lowest BCUT2D eigenvalue weighted by Gasteiger charge is -2.33. The number of carbonyl (C=O) groups excluding carboxylic acids is 3. The largest absolute Gasteiger partial charge is 0.493 e. The first-order valence-electron chi connectivity index (χ1n) is 20.1. The van der Waals surface area contributed by atoms with Gasteiger partial charge in [0.25, 0.3) is 5.91 Å². The fraction of sp³-hybridized carbons (Fsp3) is 0.780. The smallest absolute Gasteiger partial charge is 0.407 e. The zero-order chi connectivity index (χ0) is 40.1. The monoisotopic (exact) mass is 765 g/mol. The number of carbonyl (C=O) groups is 3. The number of unbranched alkanes of at least 4 members (excludes halogenated alkanes) is 2. The third kappa shape index (κ3) is 18.5. The minimum absolute atomic E-state index is 0.0263.